The minimum absolute atomic E-state index is 0.358. The molecular weight excluding hydrogens is 192 g/mol. The second-order valence-corrected chi connectivity index (χ2v) is 2.86. The first kappa shape index (κ1) is 9.26. The first-order chi connectivity index (χ1) is 7.29. The molecule has 2 aromatic rings. The maximum Gasteiger partial charge on any atom is 0.250 e. The van der Waals surface area contributed by atoms with Gasteiger partial charge >= 0.3 is 0 Å². The zero-order valence-electron chi connectivity index (χ0n) is 7.79. The molecular formula is C10H8N4O. The zero-order chi connectivity index (χ0) is 10.7. The third-order valence-electron chi connectivity index (χ3n) is 1.90. The summed E-state index contributed by atoms with van der Waals surface area (Å²) >= 11 is 0. The van der Waals surface area contributed by atoms with E-state index in [4.69, 9.17) is 5.73 Å². The van der Waals surface area contributed by atoms with Crippen LogP contribution in [0, 0.1) is 0 Å². The van der Waals surface area contributed by atoms with Crippen LogP contribution in [0.3, 0.4) is 0 Å². The minimum Gasteiger partial charge on any atom is -0.366 e. The number of aromatic nitrogens is 3. The van der Waals surface area contributed by atoms with Gasteiger partial charge in [0.05, 0.1) is 11.3 Å². The lowest BCUT2D eigenvalue weighted by molar-refractivity contribution is 0.100. The molecule has 0 spiro atoms. The molecule has 0 aliphatic carbocycles. The van der Waals surface area contributed by atoms with Crippen LogP contribution in [-0.4, -0.2) is 20.9 Å². The highest BCUT2D eigenvalue weighted by molar-refractivity contribution is 5.98. The lowest BCUT2D eigenvalue weighted by atomic mass is 10.1. The molecule has 2 aromatic heterocycles. The summed E-state index contributed by atoms with van der Waals surface area (Å²) in [5, 5.41) is 0. The Morgan fingerprint density at radius 2 is 2.07 bits per heavy atom. The Hall–Kier alpha value is -2.30. The summed E-state index contributed by atoms with van der Waals surface area (Å²) in [4.78, 5) is 23.0. The van der Waals surface area contributed by atoms with Gasteiger partial charge in [0.1, 0.15) is 12.0 Å². The summed E-state index contributed by atoms with van der Waals surface area (Å²) in [6, 6.07) is 4.95. The van der Waals surface area contributed by atoms with Crippen molar-refractivity contribution in [3.63, 3.8) is 0 Å². The number of carbonyl (C=O) groups is 1. The van der Waals surface area contributed by atoms with E-state index in [1.807, 2.05) is 0 Å². The molecule has 2 rings (SSSR count). The van der Waals surface area contributed by atoms with Gasteiger partial charge in [0, 0.05) is 12.4 Å². The van der Waals surface area contributed by atoms with E-state index in [1.165, 1.54) is 6.33 Å². The van der Waals surface area contributed by atoms with Crippen molar-refractivity contribution < 1.29 is 4.79 Å². The van der Waals surface area contributed by atoms with Crippen LogP contribution in [0.15, 0.2) is 36.9 Å². The quantitative estimate of drug-likeness (QED) is 0.771. The number of rotatable bonds is 2. The predicted octanol–water partition coefficient (Wildman–Crippen LogP) is 0.637. The molecule has 0 radical (unpaired) electrons. The molecule has 0 fully saturated rings. The summed E-state index contributed by atoms with van der Waals surface area (Å²) in [6.07, 6.45) is 4.57. The smallest absolute Gasteiger partial charge is 0.250 e. The summed E-state index contributed by atoms with van der Waals surface area (Å²) in [5.41, 5.74) is 6.65. The standard InChI is InChI=1S/C10H8N4O/c11-10(15)7-2-1-4-13-9(7)8-3-5-12-6-14-8/h1-6H,(H2,11,15). The largest absolute Gasteiger partial charge is 0.366 e. The van der Waals surface area contributed by atoms with Crippen LogP contribution in [0.1, 0.15) is 10.4 Å². The van der Waals surface area contributed by atoms with Gasteiger partial charge in [-0.05, 0) is 18.2 Å². The molecule has 2 heterocycles. The minimum atomic E-state index is -0.517. The first-order valence-electron chi connectivity index (χ1n) is 4.30. The number of amides is 1. The van der Waals surface area contributed by atoms with Gasteiger partial charge in [-0.15, -0.1) is 0 Å². The summed E-state index contributed by atoms with van der Waals surface area (Å²) in [7, 11) is 0. The fourth-order valence-corrected chi connectivity index (χ4v) is 1.24. The molecule has 0 aliphatic heterocycles. The number of nitrogens with two attached hydrogens (primary N) is 1. The Morgan fingerprint density at radius 3 is 2.73 bits per heavy atom. The molecule has 0 saturated heterocycles. The van der Waals surface area contributed by atoms with Crippen molar-refractivity contribution in [2.24, 2.45) is 5.73 Å². The van der Waals surface area contributed by atoms with Gasteiger partial charge in [0.15, 0.2) is 0 Å². The van der Waals surface area contributed by atoms with Gasteiger partial charge in [-0.25, -0.2) is 9.97 Å². The fourth-order valence-electron chi connectivity index (χ4n) is 1.24. The Kier molecular flexibility index (Phi) is 2.37. The third-order valence-corrected chi connectivity index (χ3v) is 1.90. The molecule has 15 heavy (non-hydrogen) atoms. The highest BCUT2D eigenvalue weighted by Crippen LogP contribution is 2.17. The maximum absolute atomic E-state index is 11.1. The number of primary amides is 1. The number of nitrogens with zero attached hydrogens (tertiary/aromatic N) is 3. The van der Waals surface area contributed by atoms with Crippen LogP contribution in [0.4, 0.5) is 0 Å². The van der Waals surface area contributed by atoms with Gasteiger partial charge in [0.2, 0.25) is 0 Å². The average Bonchev–Trinajstić information content (AvgIpc) is 2.30. The molecule has 0 saturated carbocycles. The van der Waals surface area contributed by atoms with Crippen LogP contribution < -0.4 is 5.73 Å². The molecule has 0 unspecified atom stereocenters. The molecule has 1 amide bonds. The van der Waals surface area contributed by atoms with Gasteiger partial charge in [-0.2, -0.15) is 0 Å². The Bertz CT molecular complexity index is 484. The van der Waals surface area contributed by atoms with Gasteiger partial charge in [0.25, 0.3) is 5.91 Å². The van der Waals surface area contributed by atoms with Crippen LogP contribution in [0.5, 0.6) is 0 Å². The van der Waals surface area contributed by atoms with Crippen LogP contribution in [0.2, 0.25) is 0 Å². The number of carbonyl (C=O) groups excluding carboxylic acids is 1. The number of hydrogen-bond acceptors (Lipinski definition) is 4. The van der Waals surface area contributed by atoms with E-state index in [2.05, 4.69) is 15.0 Å². The van der Waals surface area contributed by atoms with Crippen molar-refractivity contribution in [1.82, 2.24) is 15.0 Å². The number of pyridine rings is 1. The zero-order valence-corrected chi connectivity index (χ0v) is 7.79. The van der Waals surface area contributed by atoms with Crippen LogP contribution in [-0.2, 0) is 0 Å². The normalized spacial score (nSPS) is 9.87. The molecule has 5 heteroatoms. The SMILES string of the molecule is NC(=O)c1cccnc1-c1ccncn1. The Labute approximate surface area is 86.0 Å². The monoisotopic (exact) mass is 200 g/mol. The van der Waals surface area contributed by atoms with Crippen LogP contribution >= 0.6 is 0 Å². The van der Waals surface area contributed by atoms with E-state index in [0.717, 1.165) is 0 Å². The van der Waals surface area contributed by atoms with Crippen molar-refractivity contribution in [3.8, 4) is 11.4 Å². The molecule has 0 aromatic carbocycles. The fraction of sp³-hybridized carbons (Fsp3) is 0. The molecule has 0 bridgehead atoms. The van der Waals surface area contributed by atoms with Crippen molar-refractivity contribution in [3.05, 3.63) is 42.5 Å². The third kappa shape index (κ3) is 1.80. The Balaban J connectivity index is 2.58. The van der Waals surface area contributed by atoms with E-state index >= 15 is 0 Å². The molecule has 0 aliphatic rings. The lowest BCUT2D eigenvalue weighted by Crippen LogP contribution is -2.13. The van der Waals surface area contributed by atoms with Crippen molar-refractivity contribution in [1.29, 1.82) is 0 Å². The summed E-state index contributed by atoms with van der Waals surface area (Å²) in [6.45, 7) is 0. The van der Waals surface area contributed by atoms with E-state index < -0.39 is 5.91 Å². The van der Waals surface area contributed by atoms with Gasteiger partial charge in [-0.3, -0.25) is 9.78 Å². The van der Waals surface area contributed by atoms with E-state index in [1.54, 1.807) is 30.6 Å². The molecule has 2 N–H and O–H groups in total. The Morgan fingerprint density at radius 1 is 1.20 bits per heavy atom. The second-order valence-electron chi connectivity index (χ2n) is 2.86. The maximum atomic E-state index is 11.1. The second kappa shape index (κ2) is 3.83. The van der Waals surface area contributed by atoms with Gasteiger partial charge in [-0.1, -0.05) is 0 Å². The van der Waals surface area contributed by atoms with E-state index in [9.17, 15) is 4.79 Å². The average molecular weight is 200 g/mol. The molecule has 5 nitrogen and oxygen atoms in total. The van der Waals surface area contributed by atoms with Crippen molar-refractivity contribution in [2.45, 2.75) is 0 Å². The lowest BCUT2D eigenvalue weighted by Gasteiger charge is -2.03. The first-order valence-corrected chi connectivity index (χ1v) is 4.30. The van der Waals surface area contributed by atoms with Crippen molar-refractivity contribution >= 4 is 5.91 Å². The molecule has 0 atom stereocenters. The highest BCUT2D eigenvalue weighted by Gasteiger charge is 2.10. The van der Waals surface area contributed by atoms with E-state index in [0.29, 0.717) is 17.0 Å². The summed E-state index contributed by atoms with van der Waals surface area (Å²) < 4.78 is 0. The van der Waals surface area contributed by atoms with Crippen LogP contribution in [0.25, 0.3) is 11.4 Å². The summed E-state index contributed by atoms with van der Waals surface area (Å²) in [5.74, 6) is -0.517. The predicted molar refractivity (Wildman–Crippen MR) is 53.8 cm³/mol. The molecule has 74 valence electrons. The topological polar surface area (TPSA) is 81.8 Å². The van der Waals surface area contributed by atoms with E-state index in [-0.39, 0.29) is 0 Å². The van der Waals surface area contributed by atoms with Gasteiger partial charge < -0.3 is 5.73 Å². The number of hydrogen-bond donors (Lipinski definition) is 1. The van der Waals surface area contributed by atoms with Crippen molar-refractivity contribution in [2.75, 3.05) is 0 Å². The highest BCUT2D eigenvalue weighted by atomic mass is 16.1.